The molecule has 3 nitrogen and oxygen atoms in total. The maximum absolute atomic E-state index is 11.6. The summed E-state index contributed by atoms with van der Waals surface area (Å²) >= 11 is 1.57. The van der Waals surface area contributed by atoms with E-state index in [1.54, 1.807) is 26.0 Å². The Morgan fingerprint density at radius 3 is 2.69 bits per heavy atom. The largest absolute Gasteiger partial charge is 0.493 e. The zero-order valence-corrected chi connectivity index (χ0v) is 10.8. The van der Waals surface area contributed by atoms with Gasteiger partial charge in [-0.15, -0.1) is 0 Å². The van der Waals surface area contributed by atoms with Gasteiger partial charge in [0.25, 0.3) is 0 Å². The van der Waals surface area contributed by atoms with E-state index in [0.717, 1.165) is 11.9 Å². The second-order valence-corrected chi connectivity index (χ2v) is 4.47. The molecule has 0 aromatic rings. The summed E-state index contributed by atoms with van der Waals surface area (Å²) in [6.07, 6.45) is 8.57. The highest BCUT2D eigenvalue weighted by atomic mass is 32.2. The van der Waals surface area contributed by atoms with E-state index in [4.69, 9.17) is 9.31 Å². The second-order valence-electron chi connectivity index (χ2n) is 3.61. The molecular formula is C11H17BO3S. The fourth-order valence-corrected chi connectivity index (χ4v) is 2.17. The van der Waals surface area contributed by atoms with Crippen molar-refractivity contribution in [2.24, 2.45) is 5.92 Å². The highest BCUT2D eigenvalue weighted by molar-refractivity contribution is 7.99. The van der Waals surface area contributed by atoms with Crippen LogP contribution in [0.15, 0.2) is 23.7 Å². The third kappa shape index (κ3) is 3.51. The van der Waals surface area contributed by atoms with Gasteiger partial charge in [0.1, 0.15) is 5.78 Å². The van der Waals surface area contributed by atoms with Gasteiger partial charge >= 0.3 is 7.12 Å². The minimum Gasteiger partial charge on any atom is -0.410 e. The van der Waals surface area contributed by atoms with Crippen LogP contribution in [0, 0.1) is 5.92 Å². The lowest BCUT2D eigenvalue weighted by Gasteiger charge is -2.17. The summed E-state index contributed by atoms with van der Waals surface area (Å²) in [6.45, 7) is 0. The van der Waals surface area contributed by atoms with Gasteiger partial charge in [0, 0.05) is 20.1 Å². The standard InChI is InChI=1S/C11H17BO3S/c1-14-12(15-2)10-6-4-9(5-7-10)11(13)8-16-3/h4,6-7,9H,5,8H2,1-3H3. The fourth-order valence-electron chi connectivity index (χ4n) is 1.67. The third-order valence-electron chi connectivity index (χ3n) is 2.53. The maximum atomic E-state index is 11.6. The normalized spacial score (nSPS) is 19.4. The summed E-state index contributed by atoms with van der Waals surface area (Å²) < 4.78 is 10.3. The number of hydrogen-bond acceptors (Lipinski definition) is 4. The fraction of sp³-hybridized carbons (Fsp3) is 0.545. The number of rotatable bonds is 6. The second kappa shape index (κ2) is 6.94. The molecule has 88 valence electrons. The van der Waals surface area contributed by atoms with Gasteiger partial charge in [0.2, 0.25) is 0 Å². The number of hydrogen-bond donors (Lipinski definition) is 0. The topological polar surface area (TPSA) is 35.5 Å². The Morgan fingerprint density at radius 1 is 1.56 bits per heavy atom. The molecule has 0 aromatic carbocycles. The number of carbonyl (C=O) groups excluding carboxylic acids is 1. The van der Waals surface area contributed by atoms with Crippen LogP contribution in [-0.2, 0) is 14.1 Å². The van der Waals surface area contributed by atoms with Crippen molar-refractivity contribution in [2.75, 3.05) is 26.2 Å². The molecule has 5 heteroatoms. The highest BCUT2D eigenvalue weighted by Crippen LogP contribution is 2.20. The van der Waals surface area contributed by atoms with Gasteiger partial charge in [0.05, 0.1) is 5.75 Å². The van der Waals surface area contributed by atoms with Crippen LogP contribution >= 0.6 is 11.8 Å². The van der Waals surface area contributed by atoms with Crippen LogP contribution < -0.4 is 0 Å². The van der Waals surface area contributed by atoms with E-state index < -0.39 is 0 Å². The summed E-state index contributed by atoms with van der Waals surface area (Å²) in [6, 6.07) is 0. The zero-order chi connectivity index (χ0) is 12.0. The molecule has 0 saturated heterocycles. The molecule has 0 saturated carbocycles. The van der Waals surface area contributed by atoms with Crippen LogP contribution in [0.2, 0.25) is 0 Å². The summed E-state index contributed by atoms with van der Waals surface area (Å²) in [4.78, 5) is 11.6. The molecular weight excluding hydrogens is 223 g/mol. The van der Waals surface area contributed by atoms with Gasteiger partial charge in [-0.3, -0.25) is 4.79 Å². The van der Waals surface area contributed by atoms with E-state index >= 15 is 0 Å². The molecule has 0 bridgehead atoms. The van der Waals surface area contributed by atoms with Crippen molar-refractivity contribution in [3.8, 4) is 0 Å². The number of thioether (sulfide) groups is 1. The van der Waals surface area contributed by atoms with E-state index in [2.05, 4.69) is 0 Å². The molecule has 0 amide bonds. The Morgan fingerprint density at radius 2 is 2.25 bits per heavy atom. The van der Waals surface area contributed by atoms with Crippen molar-refractivity contribution in [3.05, 3.63) is 23.7 Å². The van der Waals surface area contributed by atoms with Crippen molar-refractivity contribution in [1.29, 1.82) is 0 Å². The van der Waals surface area contributed by atoms with Crippen molar-refractivity contribution in [3.63, 3.8) is 0 Å². The van der Waals surface area contributed by atoms with E-state index in [9.17, 15) is 4.79 Å². The van der Waals surface area contributed by atoms with Crippen molar-refractivity contribution in [2.45, 2.75) is 6.42 Å². The molecule has 1 atom stereocenters. The number of allylic oxidation sites excluding steroid dienone is 4. The van der Waals surface area contributed by atoms with E-state index in [1.165, 1.54) is 0 Å². The first kappa shape index (κ1) is 13.5. The molecule has 0 fully saturated rings. The minimum absolute atomic E-state index is 0.0190. The average Bonchev–Trinajstić information content (AvgIpc) is 2.32. The molecule has 0 radical (unpaired) electrons. The quantitative estimate of drug-likeness (QED) is 0.662. The van der Waals surface area contributed by atoms with Crippen molar-refractivity contribution < 1.29 is 14.1 Å². The Labute approximate surface area is 101 Å². The van der Waals surface area contributed by atoms with Gasteiger partial charge in [-0.2, -0.15) is 11.8 Å². The van der Waals surface area contributed by atoms with Crippen LogP contribution in [-0.4, -0.2) is 39.1 Å². The summed E-state index contributed by atoms with van der Waals surface area (Å²) in [5, 5.41) is 0. The number of Topliss-reactive ketones (excluding diaryl/α,β-unsaturated/α-hetero) is 1. The lowest BCUT2D eigenvalue weighted by Crippen LogP contribution is -2.24. The molecule has 16 heavy (non-hydrogen) atoms. The van der Waals surface area contributed by atoms with Crippen LogP contribution in [0.25, 0.3) is 0 Å². The van der Waals surface area contributed by atoms with Crippen LogP contribution in [0.5, 0.6) is 0 Å². The van der Waals surface area contributed by atoms with Crippen LogP contribution in [0.4, 0.5) is 0 Å². The summed E-state index contributed by atoms with van der Waals surface area (Å²) in [7, 11) is 2.88. The van der Waals surface area contributed by atoms with Gasteiger partial charge < -0.3 is 9.31 Å². The van der Waals surface area contributed by atoms with Crippen LogP contribution in [0.1, 0.15) is 6.42 Å². The Kier molecular flexibility index (Phi) is 5.88. The monoisotopic (exact) mass is 240 g/mol. The molecule has 0 aromatic heterocycles. The lowest BCUT2D eigenvalue weighted by atomic mass is 9.74. The first-order valence-corrected chi connectivity index (χ1v) is 6.57. The smallest absolute Gasteiger partial charge is 0.410 e. The molecule has 1 aliphatic carbocycles. The summed E-state index contributed by atoms with van der Waals surface area (Å²) in [5.74, 6) is 0.881. The minimum atomic E-state index is -0.326. The maximum Gasteiger partial charge on any atom is 0.493 e. The molecule has 0 N–H and O–H groups in total. The highest BCUT2D eigenvalue weighted by Gasteiger charge is 2.23. The average molecular weight is 240 g/mol. The lowest BCUT2D eigenvalue weighted by molar-refractivity contribution is -0.118. The molecule has 1 rings (SSSR count). The van der Waals surface area contributed by atoms with Gasteiger partial charge in [-0.05, 0) is 18.1 Å². The first-order valence-electron chi connectivity index (χ1n) is 5.18. The van der Waals surface area contributed by atoms with Crippen LogP contribution in [0.3, 0.4) is 0 Å². The first-order chi connectivity index (χ1) is 7.72. The summed E-state index contributed by atoms with van der Waals surface area (Å²) in [5.41, 5.74) is 0.984. The number of carbonyl (C=O) groups is 1. The molecule has 0 spiro atoms. The Bertz CT molecular complexity index is 298. The Hall–Kier alpha value is -0.515. The predicted molar refractivity (Wildman–Crippen MR) is 68.5 cm³/mol. The van der Waals surface area contributed by atoms with Crippen molar-refractivity contribution >= 4 is 24.7 Å². The van der Waals surface area contributed by atoms with E-state index in [1.807, 2.05) is 24.5 Å². The third-order valence-corrected chi connectivity index (χ3v) is 3.10. The van der Waals surface area contributed by atoms with E-state index in [-0.39, 0.29) is 18.8 Å². The molecule has 1 unspecified atom stereocenters. The van der Waals surface area contributed by atoms with Gasteiger partial charge in [-0.1, -0.05) is 18.2 Å². The predicted octanol–water partition coefficient (Wildman–Crippen LogP) is 1.74. The van der Waals surface area contributed by atoms with Gasteiger partial charge in [0.15, 0.2) is 0 Å². The molecule has 0 aliphatic heterocycles. The SMILES string of the molecule is COB(OC)C1=CCC(C(=O)CSC)C=C1. The zero-order valence-electron chi connectivity index (χ0n) is 9.93. The molecule has 1 aliphatic rings. The van der Waals surface area contributed by atoms with Crippen molar-refractivity contribution in [1.82, 2.24) is 0 Å². The van der Waals surface area contributed by atoms with Gasteiger partial charge in [-0.25, -0.2) is 0 Å². The van der Waals surface area contributed by atoms with E-state index in [0.29, 0.717) is 5.75 Å². The number of ketones is 1. The molecule has 0 heterocycles. The Balaban J connectivity index is 2.55.